The number of ether oxygens (including phenoxy) is 1. The number of hydrogen-bond acceptors (Lipinski definition) is 5. The highest BCUT2D eigenvalue weighted by Gasteiger charge is 2.16. The smallest absolute Gasteiger partial charge is 0.279 e. The molecule has 1 unspecified atom stereocenters. The maximum Gasteiger partial charge on any atom is 0.279 e. The molecule has 3 amide bonds. The molecule has 7 nitrogen and oxygen atoms in total. The lowest BCUT2D eigenvalue weighted by Crippen LogP contribution is -2.47. The van der Waals surface area contributed by atoms with Crippen molar-refractivity contribution in [1.82, 2.24) is 16.2 Å². The standard InChI is InChI=1S/C17H18BrN3O4S/c1-10(25-13-5-3-4-12(18)8-13)16(23)20-21-17(24)15-7-6-14(26-15)9-19-11(2)22/h3-8,10H,9H2,1-2H3,(H,19,22)(H,20,23)(H,21,24). The zero-order chi connectivity index (χ0) is 19.1. The van der Waals surface area contributed by atoms with E-state index in [0.29, 0.717) is 17.2 Å². The molecule has 0 aliphatic heterocycles. The predicted octanol–water partition coefficient (Wildman–Crippen LogP) is 2.38. The molecule has 0 fully saturated rings. The van der Waals surface area contributed by atoms with E-state index in [9.17, 15) is 14.4 Å². The van der Waals surface area contributed by atoms with Crippen molar-refractivity contribution in [3.63, 3.8) is 0 Å². The molecule has 0 saturated carbocycles. The average Bonchev–Trinajstić information content (AvgIpc) is 3.06. The second-order valence-corrected chi connectivity index (χ2v) is 7.42. The number of amides is 3. The lowest BCUT2D eigenvalue weighted by atomic mass is 10.3. The van der Waals surface area contributed by atoms with Gasteiger partial charge in [0.1, 0.15) is 5.75 Å². The van der Waals surface area contributed by atoms with E-state index in [-0.39, 0.29) is 5.91 Å². The number of carbonyl (C=O) groups is 3. The molecule has 2 rings (SSSR count). The van der Waals surface area contributed by atoms with E-state index in [2.05, 4.69) is 32.1 Å². The molecule has 138 valence electrons. The lowest BCUT2D eigenvalue weighted by molar-refractivity contribution is -0.128. The highest BCUT2D eigenvalue weighted by molar-refractivity contribution is 9.10. The molecule has 9 heteroatoms. The number of carbonyl (C=O) groups excluding carboxylic acids is 3. The Morgan fingerprint density at radius 1 is 1.19 bits per heavy atom. The van der Waals surface area contributed by atoms with Gasteiger partial charge in [0, 0.05) is 16.3 Å². The maximum atomic E-state index is 12.1. The van der Waals surface area contributed by atoms with Gasteiger partial charge in [0.05, 0.1) is 11.4 Å². The predicted molar refractivity (Wildman–Crippen MR) is 102 cm³/mol. The fourth-order valence-electron chi connectivity index (χ4n) is 1.89. The molecule has 1 heterocycles. The monoisotopic (exact) mass is 439 g/mol. The summed E-state index contributed by atoms with van der Waals surface area (Å²) in [5.41, 5.74) is 4.69. The van der Waals surface area contributed by atoms with Crippen LogP contribution in [0.3, 0.4) is 0 Å². The first-order chi connectivity index (χ1) is 12.3. The summed E-state index contributed by atoms with van der Waals surface area (Å²) in [6.45, 7) is 3.37. The Morgan fingerprint density at radius 3 is 2.65 bits per heavy atom. The van der Waals surface area contributed by atoms with Crippen LogP contribution in [0, 0.1) is 0 Å². The van der Waals surface area contributed by atoms with Crippen molar-refractivity contribution in [1.29, 1.82) is 0 Å². The Hall–Kier alpha value is -2.39. The Kier molecular flexibility index (Phi) is 7.16. The second kappa shape index (κ2) is 9.35. The topological polar surface area (TPSA) is 96.5 Å². The van der Waals surface area contributed by atoms with E-state index in [1.54, 1.807) is 37.3 Å². The Bertz CT molecular complexity index is 809. The van der Waals surface area contributed by atoms with Crippen molar-refractivity contribution in [2.75, 3.05) is 0 Å². The SMILES string of the molecule is CC(=O)NCc1ccc(C(=O)NNC(=O)C(C)Oc2cccc(Br)c2)s1. The molecular weight excluding hydrogens is 422 g/mol. The van der Waals surface area contributed by atoms with Crippen LogP contribution in [0.5, 0.6) is 5.75 Å². The van der Waals surface area contributed by atoms with Gasteiger partial charge in [-0.3, -0.25) is 25.2 Å². The van der Waals surface area contributed by atoms with Crippen molar-refractivity contribution in [2.45, 2.75) is 26.5 Å². The summed E-state index contributed by atoms with van der Waals surface area (Å²) in [7, 11) is 0. The molecule has 26 heavy (non-hydrogen) atoms. The van der Waals surface area contributed by atoms with E-state index in [4.69, 9.17) is 4.74 Å². The van der Waals surface area contributed by atoms with E-state index in [1.807, 2.05) is 6.07 Å². The van der Waals surface area contributed by atoms with Gasteiger partial charge >= 0.3 is 0 Å². The zero-order valence-corrected chi connectivity index (χ0v) is 16.6. The van der Waals surface area contributed by atoms with Crippen LogP contribution in [0.2, 0.25) is 0 Å². The van der Waals surface area contributed by atoms with Gasteiger partial charge in [0.15, 0.2) is 6.10 Å². The van der Waals surface area contributed by atoms with E-state index in [1.165, 1.54) is 18.3 Å². The van der Waals surface area contributed by atoms with E-state index < -0.39 is 17.9 Å². The summed E-state index contributed by atoms with van der Waals surface area (Å²) in [6.07, 6.45) is -0.789. The quantitative estimate of drug-likeness (QED) is 0.601. The second-order valence-electron chi connectivity index (χ2n) is 5.34. The maximum absolute atomic E-state index is 12.1. The average molecular weight is 440 g/mol. The highest BCUT2D eigenvalue weighted by atomic mass is 79.9. The molecule has 0 aliphatic rings. The van der Waals surface area contributed by atoms with Gasteiger partial charge in [-0.15, -0.1) is 11.3 Å². The number of hydrazine groups is 1. The molecule has 0 saturated heterocycles. The molecule has 0 radical (unpaired) electrons. The zero-order valence-electron chi connectivity index (χ0n) is 14.2. The minimum absolute atomic E-state index is 0.143. The third-order valence-electron chi connectivity index (χ3n) is 3.17. The fourth-order valence-corrected chi connectivity index (χ4v) is 3.11. The molecule has 1 atom stereocenters. The number of benzene rings is 1. The van der Waals surface area contributed by atoms with Crippen molar-refractivity contribution in [3.05, 3.63) is 50.6 Å². The number of hydrogen-bond donors (Lipinski definition) is 3. The Balaban J connectivity index is 1.82. The Labute approximate surface area is 163 Å². The summed E-state index contributed by atoms with van der Waals surface area (Å²) >= 11 is 4.56. The van der Waals surface area contributed by atoms with Gasteiger partial charge in [0.2, 0.25) is 5.91 Å². The Morgan fingerprint density at radius 2 is 1.96 bits per heavy atom. The third-order valence-corrected chi connectivity index (χ3v) is 4.75. The van der Waals surface area contributed by atoms with Gasteiger partial charge in [0.25, 0.3) is 11.8 Å². The van der Waals surface area contributed by atoms with Gasteiger partial charge in [-0.25, -0.2) is 0 Å². The number of halogens is 1. The summed E-state index contributed by atoms with van der Waals surface area (Å²) in [5, 5.41) is 2.66. The molecular formula is C17H18BrN3O4S. The number of rotatable bonds is 6. The number of nitrogens with one attached hydrogen (secondary N) is 3. The van der Waals surface area contributed by atoms with Gasteiger partial charge in [-0.1, -0.05) is 22.0 Å². The molecule has 0 spiro atoms. The molecule has 0 aliphatic carbocycles. The van der Waals surface area contributed by atoms with Crippen molar-refractivity contribution >= 4 is 45.0 Å². The summed E-state index contributed by atoms with van der Waals surface area (Å²) in [6, 6.07) is 10.5. The minimum Gasteiger partial charge on any atom is -0.481 e. The molecule has 0 bridgehead atoms. The van der Waals surface area contributed by atoms with Crippen molar-refractivity contribution < 1.29 is 19.1 Å². The van der Waals surface area contributed by atoms with Crippen LogP contribution in [0.25, 0.3) is 0 Å². The number of thiophene rings is 1. The molecule has 2 aromatic rings. The van der Waals surface area contributed by atoms with Crippen LogP contribution < -0.4 is 20.9 Å². The van der Waals surface area contributed by atoms with Crippen molar-refractivity contribution in [3.8, 4) is 5.75 Å². The fraction of sp³-hybridized carbons (Fsp3) is 0.235. The van der Waals surface area contributed by atoms with Crippen LogP contribution in [0.1, 0.15) is 28.4 Å². The summed E-state index contributed by atoms with van der Waals surface area (Å²) < 4.78 is 6.36. The van der Waals surface area contributed by atoms with Gasteiger partial charge in [-0.2, -0.15) is 0 Å². The lowest BCUT2D eigenvalue weighted by Gasteiger charge is -2.15. The van der Waals surface area contributed by atoms with Crippen LogP contribution in [0.4, 0.5) is 0 Å². The molecule has 3 N–H and O–H groups in total. The molecule has 1 aromatic carbocycles. The first kappa shape index (κ1) is 19.9. The van der Waals surface area contributed by atoms with E-state index in [0.717, 1.165) is 9.35 Å². The van der Waals surface area contributed by atoms with Crippen LogP contribution in [-0.4, -0.2) is 23.8 Å². The van der Waals surface area contributed by atoms with Crippen LogP contribution in [-0.2, 0) is 16.1 Å². The van der Waals surface area contributed by atoms with Crippen molar-refractivity contribution in [2.24, 2.45) is 0 Å². The largest absolute Gasteiger partial charge is 0.481 e. The highest BCUT2D eigenvalue weighted by Crippen LogP contribution is 2.19. The van der Waals surface area contributed by atoms with Crippen LogP contribution in [0.15, 0.2) is 40.9 Å². The first-order valence-corrected chi connectivity index (χ1v) is 9.31. The first-order valence-electron chi connectivity index (χ1n) is 7.70. The summed E-state index contributed by atoms with van der Waals surface area (Å²) in [5.74, 6) is -0.522. The third kappa shape index (κ3) is 6.16. The molecule has 1 aromatic heterocycles. The van der Waals surface area contributed by atoms with Gasteiger partial charge in [-0.05, 0) is 37.3 Å². The van der Waals surface area contributed by atoms with Crippen LogP contribution >= 0.6 is 27.3 Å². The van der Waals surface area contributed by atoms with E-state index >= 15 is 0 Å². The minimum atomic E-state index is -0.789. The van der Waals surface area contributed by atoms with Gasteiger partial charge < -0.3 is 10.1 Å². The normalized spacial score (nSPS) is 11.3. The summed E-state index contributed by atoms with van der Waals surface area (Å²) in [4.78, 5) is 36.3.